The third kappa shape index (κ3) is 6.71. The molecule has 0 saturated carbocycles. The quantitative estimate of drug-likeness (QED) is 0.249. The summed E-state index contributed by atoms with van der Waals surface area (Å²) >= 11 is 0. The second-order valence-electron chi connectivity index (χ2n) is 7.82. The predicted molar refractivity (Wildman–Crippen MR) is 116 cm³/mol. The van der Waals surface area contributed by atoms with E-state index in [4.69, 9.17) is 4.74 Å². The molecule has 2 rings (SSSR count). The monoisotopic (exact) mass is 392 g/mol. The molecule has 0 radical (unpaired) electrons. The van der Waals surface area contributed by atoms with E-state index < -0.39 is 11.4 Å². The Labute approximate surface area is 174 Å². The molecule has 0 fully saturated rings. The fraction of sp³-hybridized carbons (Fsp3) is 0.480. The summed E-state index contributed by atoms with van der Waals surface area (Å²) in [4.78, 5) is 16.9. The Morgan fingerprint density at radius 2 is 1.76 bits per heavy atom. The molecule has 0 saturated heterocycles. The summed E-state index contributed by atoms with van der Waals surface area (Å²) in [6.07, 6.45) is 10.6. The Hall–Kier alpha value is -2.67. The number of pyridine rings is 1. The molecular formula is C25H32N2O2. The summed E-state index contributed by atoms with van der Waals surface area (Å²) in [7, 11) is 0. The first kappa shape index (κ1) is 22.6. The highest BCUT2D eigenvalue weighted by Gasteiger charge is 2.34. The van der Waals surface area contributed by atoms with E-state index >= 15 is 0 Å². The Bertz CT molecular complexity index is 806. The molecule has 1 unspecified atom stereocenters. The number of carbonyl (C=O) groups is 1. The molecule has 0 aliphatic rings. The molecule has 0 bridgehead atoms. The van der Waals surface area contributed by atoms with Gasteiger partial charge in [-0.25, -0.2) is 4.79 Å². The van der Waals surface area contributed by atoms with Crippen molar-refractivity contribution in [1.82, 2.24) is 4.98 Å². The first-order chi connectivity index (χ1) is 14.0. The molecule has 1 heterocycles. The van der Waals surface area contributed by atoms with Crippen LogP contribution in [0.4, 0.5) is 0 Å². The van der Waals surface area contributed by atoms with Crippen molar-refractivity contribution in [3.8, 4) is 23.1 Å². The Kier molecular flexibility index (Phi) is 8.86. The van der Waals surface area contributed by atoms with Crippen LogP contribution in [0.2, 0.25) is 0 Å². The maximum Gasteiger partial charge on any atom is 0.331 e. The Morgan fingerprint density at radius 3 is 2.34 bits per heavy atom. The van der Waals surface area contributed by atoms with Gasteiger partial charge in [-0.1, -0.05) is 52.0 Å². The number of unbranched alkanes of at least 4 members (excludes halogenated alkanes) is 4. The van der Waals surface area contributed by atoms with E-state index in [0.717, 1.165) is 24.1 Å². The normalized spacial score (nSPS) is 12.8. The van der Waals surface area contributed by atoms with Crippen LogP contribution in [0.1, 0.15) is 71.3 Å². The van der Waals surface area contributed by atoms with Crippen LogP contribution in [0.5, 0.6) is 5.75 Å². The summed E-state index contributed by atoms with van der Waals surface area (Å²) in [6, 6.07) is 13.5. The van der Waals surface area contributed by atoms with Crippen molar-refractivity contribution in [2.45, 2.75) is 72.1 Å². The smallest absolute Gasteiger partial charge is 0.331 e. The summed E-state index contributed by atoms with van der Waals surface area (Å²) in [5.74, 6) is -0.0592. The van der Waals surface area contributed by atoms with Crippen LogP contribution in [-0.2, 0) is 11.2 Å². The minimum absolute atomic E-state index is 0.444. The molecular weight excluding hydrogens is 360 g/mol. The largest absolute Gasteiger partial charge is 0.425 e. The van der Waals surface area contributed by atoms with Gasteiger partial charge in [0.2, 0.25) is 0 Å². The summed E-state index contributed by atoms with van der Waals surface area (Å²) in [5.41, 5.74) is 2.02. The van der Waals surface area contributed by atoms with Gasteiger partial charge in [0.25, 0.3) is 0 Å². The van der Waals surface area contributed by atoms with Crippen molar-refractivity contribution in [2.75, 3.05) is 0 Å². The second-order valence-corrected chi connectivity index (χ2v) is 7.82. The Morgan fingerprint density at radius 1 is 1.03 bits per heavy atom. The lowest BCUT2D eigenvalue weighted by Crippen LogP contribution is -2.30. The summed E-state index contributed by atoms with van der Waals surface area (Å²) < 4.78 is 5.42. The van der Waals surface area contributed by atoms with E-state index in [1.807, 2.05) is 31.3 Å². The van der Waals surface area contributed by atoms with E-state index in [1.165, 1.54) is 37.7 Å². The van der Waals surface area contributed by atoms with Gasteiger partial charge in [-0.15, -0.1) is 0 Å². The van der Waals surface area contributed by atoms with E-state index in [2.05, 4.69) is 24.0 Å². The third-order valence-electron chi connectivity index (χ3n) is 5.20. The number of ether oxygens (including phenoxy) is 1. The summed E-state index contributed by atoms with van der Waals surface area (Å²) in [6.45, 7) is 5.81. The average Bonchev–Trinajstić information content (AvgIpc) is 2.74. The van der Waals surface area contributed by atoms with Crippen LogP contribution in [0, 0.1) is 16.7 Å². The first-order valence-electron chi connectivity index (χ1n) is 10.7. The first-order valence-corrected chi connectivity index (χ1v) is 10.7. The number of carbonyl (C=O) groups excluding carboxylic acids is 1. The van der Waals surface area contributed by atoms with Gasteiger partial charge in [0.1, 0.15) is 5.75 Å². The zero-order chi connectivity index (χ0) is 21.1. The highest BCUT2D eigenvalue weighted by molar-refractivity contribution is 5.81. The van der Waals surface area contributed by atoms with Gasteiger partial charge in [-0.3, -0.25) is 4.98 Å². The fourth-order valence-corrected chi connectivity index (χ4v) is 3.29. The zero-order valence-corrected chi connectivity index (χ0v) is 17.9. The van der Waals surface area contributed by atoms with Crippen molar-refractivity contribution in [1.29, 1.82) is 5.26 Å². The maximum atomic E-state index is 12.3. The molecule has 0 amide bonds. The molecule has 29 heavy (non-hydrogen) atoms. The average molecular weight is 393 g/mol. The van der Waals surface area contributed by atoms with Crippen molar-refractivity contribution in [3.05, 3.63) is 48.2 Å². The number of aryl methyl sites for hydroxylation is 1. The standard InChI is InChI=1S/C25H32N2O2/c1-4-6-7-8-9-10-20-11-16-23(27-18-20)21-12-14-22(15-13-21)29-24(28)25(3,19-26)17-5-2/h11-16,18H,4-10,17H2,1-3H3. The molecule has 0 aliphatic heterocycles. The van der Waals surface area contributed by atoms with Gasteiger partial charge >= 0.3 is 5.97 Å². The van der Waals surface area contributed by atoms with E-state index in [0.29, 0.717) is 12.2 Å². The van der Waals surface area contributed by atoms with Crippen LogP contribution in [0.25, 0.3) is 11.3 Å². The third-order valence-corrected chi connectivity index (χ3v) is 5.20. The molecule has 0 aliphatic carbocycles. The van der Waals surface area contributed by atoms with Gasteiger partial charge in [-0.05, 0) is 62.1 Å². The van der Waals surface area contributed by atoms with Crippen LogP contribution in [-0.4, -0.2) is 11.0 Å². The molecule has 0 spiro atoms. The van der Waals surface area contributed by atoms with Gasteiger partial charge in [0, 0.05) is 11.8 Å². The molecule has 4 nitrogen and oxygen atoms in total. The van der Waals surface area contributed by atoms with Gasteiger partial charge < -0.3 is 4.74 Å². The van der Waals surface area contributed by atoms with E-state index in [1.54, 1.807) is 19.1 Å². The van der Waals surface area contributed by atoms with E-state index in [-0.39, 0.29) is 0 Å². The second kappa shape index (κ2) is 11.4. The number of nitrogens with zero attached hydrogens (tertiary/aromatic N) is 2. The lowest BCUT2D eigenvalue weighted by molar-refractivity contribution is -0.142. The van der Waals surface area contributed by atoms with Crippen molar-refractivity contribution < 1.29 is 9.53 Å². The fourth-order valence-electron chi connectivity index (χ4n) is 3.29. The molecule has 0 N–H and O–H groups in total. The number of hydrogen-bond donors (Lipinski definition) is 0. The summed E-state index contributed by atoms with van der Waals surface area (Å²) in [5, 5.41) is 9.31. The molecule has 1 atom stereocenters. The van der Waals surface area contributed by atoms with Gasteiger partial charge in [-0.2, -0.15) is 5.26 Å². The highest BCUT2D eigenvalue weighted by Crippen LogP contribution is 2.27. The molecule has 1 aromatic heterocycles. The van der Waals surface area contributed by atoms with Crippen molar-refractivity contribution in [2.24, 2.45) is 5.41 Å². The molecule has 2 aromatic rings. The number of hydrogen-bond acceptors (Lipinski definition) is 4. The lowest BCUT2D eigenvalue weighted by Gasteiger charge is -2.18. The number of esters is 1. The number of nitriles is 1. The SMILES string of the molecule is CCCCCCCc1ccc(-c2ccc(OC(=O)C(C)(C#N)CCC)cc2)nc1. The predicted octanol–water partition coefficient (Wildman–Crippen LogP) is 6.50. The van der Waals surface area contributed by atoms with Crippen LogP contribution in [0.15, 0.2) is 42.6 Å². The topological polar surface area (TPSA) is 63.0 Å². The minimum Gasteiger partial charge on any atom is -0.425 e. The van der Waals surface area contributed by atoms with Crippen molar-refractivity contribution in [3.63, 3.8) is 0 Å². The van der Waals surface area contributed by atoms with Crippen LogP contribution in [0.3, 0.4) is 0 Å². The lowest BCUT2D eigenvalue weighted by atomic mass is 9.87. The van der Waals surface area contributed by atoms with Crippen molar-refractivity contribution >= 4 is 5.97 Å². The molecule has 4 heteroatoms. The Balaban J connectivity index is 1.94. The van der Waals surface area contributed by atoms with E-state index in [9.17, 15) is 10.1 Å². The van der Waals surface area contributed by atoms with Gasteiger partial charge in [0.05, 0.1) is 11.8 Å². The number of rotatable bonds is 11. The zero-order valence-electron chi connectivity index (χ0n) is 17.9. The van der Waals surface area contributed by atoms with Crippen LogP contribution < -0.4 is 4.74 Å². The highest BCUT2D eigenvalue weighted by atomic mass is 16.5. The molecule has 1 aromatic carbocycles. The maximum absolute atomic E-state index is 12.3. The molecule has 154 valence electrons. The minimum atomic E-state index is -1.11. The van der Waals surface area contributed by atoms with Crippen LogP contribution >= 0.6 is 0 Å². The van der Waals surface area contributed by atoms with Gasteiger partial charge in [0.15, 0.2) is 5.41 Å². The number of aromatic nitrogens is 1. The number of benzene rings is 1.